The van der Waals surface area contributed by atoms with Crippen LogP contribution in [0.4, 0.5) is 0 Å². The molecule has 1 saturated carbocycles. The minimum Gasteiger partial charge on any atom is -0.314 e. The zero-order chi connectivity index (χ0) is 14.4. The molecule has 2 unspecified atom stereocenters. The van der Waals surface area contributed by atoms with Gasteiger partial charge in [-0.25, -0.2) is 0 Å². The van der Waals surface area contributed by atoms with Crippen molar-refractivity contribution in [2.24, 2.45) is 5.92 Å². The van der Waals surface area contributed by atoms with Gasteiger partial charge < -0.3 is 5.32 Å². The zero-order valence-corrected chi connectivity index (χ0v) is 13.5. The summed E-state index contributed by atoms with van der Waals surface area (Å²) >= 11 is 0. The molecule has 0 heterocycles. The normalized spacial score (nSPS) is 23.6. The van der Waals surface area contributed by atoms with Crippen molar-refractivity contribution in [2.75, 3.05) is 6.54 Å². The summed E-state index contributed by atoms with van der Waals surface area (Å²) in [6.45, 7) is 7.92. The summed E-state index contributed by atoms with van der Waals surface area (Å²) in [7, 11) is 0. The van der Waals surface area contributed by atoms with Gasteiger partial charge in [0.2, 0.25) is 0 Å². The van der Waals surface area contributed by atoms with E-state index in [1.54, 1.807) is 5.56 Å². The molecule has 0 aliphatic heterocycles. The molecule has 0 saturated heterocycles. The van der Waals surface area contributed by atoms with E-state index in [2.05, 4.69) is 44.3 Å². The maximum absolute atomic E-state index is 3.82. The Morgan fingerprint density at radius 1 is 1.10 bits per heavy atom. The van der Waals surface area contributed by atoms with Gasteiger partial charge in [0, 0.05) is 6.04 Å². The van der Waals surface area contributed by atoms with Crippen LogP contribution in [0, 0.1) is 19.8 Å². The summed E-state index contributed by atoms with van der Waals surface area (Å²) in [5, 5.41) is 3.82. The molecule has 1 aromatic carbocycles. The standard InChI is InChI=1S/C19H31N/c1-4-12-20-19-9-7-5-6-8-17(19)14-18-13-15(2)10-11-16(18)3/h10-11,13,17,19-20H,4-9,12,14H2,1-3H3. The minimum absolute atomic E-state index is 0.734. The van der Waals surface area contributed by atoms with Crippen LogP contribution in [0.15, 0.2) is 18.2 Å². The highest BCUT2D eigenvalue weighted by molar-refractivity contribution is 5.31. The SMILES string of the molecule is CCCNC1CCCCCC1Cc1cc(C)ccc1C. The van der Waals surface area contributed by atoms with Gasteiger partial charge in [-0.1, -0.05) is 49.9 Å². The lowest BCUT2D eigenvalue weighted by molar-refractivity contribution is 0.332. The third kappa shape index (κ3) is 4.34. The van der Waals surface area contributed by atoms with Crippen molar-refractivity contribution in [1.82, 2.24) is 5.32 Å². The van der Waals surface area contributed by atoms with Crippen LogP contribution in [0.2, 0.25) is 0 Å². The molecule has 0 amide bonds. The first kappa shape index (κ1) is 15.6. The van der Waals surface area contributed by atoms with Crippen LogP contribution in [-0.2, 0) is 6.42 Å². The highest BCUT2D eigenvalue weighted by Gasteiger charge is 2.23. The van der Waals surface area contributed by atoms with Crippen LogP contribution >= 0.6 is 0 Å². The lowest BCUT2D eigenvalue weighted by Gasteiger charge is -2.27. The molecule has 1 fully saturated rings. The van der Waals surface area contributed by atoms with Gasteiger partial charge in [0.05, 0.1) is 0 Å². The van der Waals surface area contributed by atoms with E-state index in [9.17, 15) is 0 Å². The fourth-order valence-corrected chi connectivity index (χ4v) is 3.53. The predicted molar refractivity (Wildman–Crippen MR) is 88.3 cm³/mol. The highest BCUT2D eigenvalue weighted by Crippen LogP contribution is 2.28. The van der Waals surface area contributed by atoms with Crippen LogP contribution in [-0.4, -0.2) is 12.6 Å². The van der Waals surface area contributed by atoms with E-state index in [0.29, 0.717) is 0 Å². The Morgan fingerprint density at radius 3 is 2.70 bits per heavy atom. The Morgan fingerprint density at radius 2 is 1.90 bits per heavy atom. The van der Waals surface area contributed by atoms with E-state index in [1.165, 1.54) is 62.6 Å². The summed E-state index contributed by atoms with van der Waals surface area (Å²) in [5.41, 5.74) is 4.44. The van der Waals surface area contributed by atoms with E-state index < -0.39 is 0 Å². The summed E-state index contributed by atoms with van der Waals surface area (Å²) in [5.74, 6) is 0.824. The van der Waals surface area contributed by atoms with E-state index in [-0.39, 0.29) is 0 Å². The highest BCUT2D eigenvalue weighted by atomic mass is 14.9. The average Bonchev–Trinajstić information content (AvgIpc) is 2.66. The first-order valence-electron chi connectivity index (χ1n) is 8.50. The van der Waals surface area contributed by atoms with E-state index >= 15 is 0 Å². The van der Waals surface area contributed by atoms with Gasteiger partial charge in [-0.3, -0.25) is 0 Å². The van der Waals surface area contributed by atoms with Crippen LogP contribution in [0.1, 0.15) is 62.1 Å². The summed E-state index contributed by atoms with van der Waals surface area (Å²) in [4.78, 5) is 0. The minimum atomic E-state index is 0.734. The Hall–Kier alpha value is -0.820. The van der Waals surface area contributed by atoms with Crippen molar-refractivity contribution in [3.8, 4) is 0 Å². The maximum atomic E-state index is 3.82. The molecule has 0 radical (unpaired) electrons. The van der Waals surface area contributed by atoms with Crippen molar-refractivity contribution in [3.05, 3.63) is 34.9 Å². The van der Waals surface area contributed by atoms with Crippen molar-refractivity contribution >= 4 is 0 Å². The molecule has 20 heavy (non-hydrogen) atoms. The molecular formula is C19H31N. The largest absolute Gasteiger partial charge is 0.314 e. The van der Waals surface area contributed by atoms with Crippen LogP contribution < -0.4 is 5.32 Å². The molecule has 0 bridgehead atoms. The number of hydrogen-bond donors (Lipinski definition) is 1. The number of hydrogen-bond acceptors (Lipinski definition) is 1. The van der Waals surface area contributed by atoms with Crippen LogP contribution in [0.3, 0.4) is 0 Å². The second kappa shape index (κ2) is 7.83. The van der Waals surface area contributed by atoms with E-state index in [0.717, 1.165) is 12.0 Å². The maximum Gasteiger partial charge on any atom is 0.00985 e. The van der Waals surface area contributed by atoms with Gasteiger partial charge in [-0.15, -0.1) is 0 Å². The lowest BCUT2D eigenvalue weighted by atomic mass is 9.86. The smallest absolute Gasteiger partial charge is 0.00985 e. The quantitative estimate of drug-likeness (QED) is 0.760. The Kier molecular flexibility index (Phi) is 6.09. The van der Waals surface area contributed by atoms with Gasteiger partial charge in [0.1, 0.15) is 0 Å². The molecule has 1 nitrogen and oxygen atoms in total. The fraction of sp³-hybridized carbons (Fsp3) is 0.684. The van der Waals surface area contributed by atoms with E-state index in [1.807, 2.05) is 0 Å². The Labute approximate surface area is 125 Å². The van der Waals surface area contributed by atoms with E-state index in [4.69, 9.17) is 0 Å². The number of nitrogens with one attached hydrogen (secondary N) is 1. The van der Waals surface area contributed by atoms with Crippen LogP contribution in [0.5, 0.6) is 0 Å². The predicted octanol–water partition coefficient (Wildman–Crippen LogP) is 4.79. The topological polar surface area (TPSA) is 12.0 Å². The van der Waals surface area contributed by atoms with Gasteiger partial charge >= 0.3 is 0 Å². The summed E-state index contributed by atoms with van der Waals surface area (Å²) in [6.07, 6.45) is 9.52. The number of benzene rings is 1. The molecule has 1 aliphatic rings. The molecule has 1 N–H and O–H groups in total. The van der Waals surface area contributed by atoms with Crippen LogP contribution in [0.25, 0.3) is 0 Å². The van der Waals surface area contributed by atoms with Crippen molar-refractivity contribution < 1.29 is 0 Å². The molecule has 112 valence electrons. The van der Waals surface area contributed by atoms with Crippen molar-refractivity contribution in [3.63, 3.8) is 0 Å². The van der Waals surface area contributed by atoms with Crippen molar-refractivity contribution in [2.45, 2.75) is 71.8 Å². The molecule has 2 atom stereocenters. The first-order chi connectivity index (χ1) is 9.70. The van der Waals surface area contributed by atoms with Gasteiger partial charge in [0.25, 0.3) is 0 Å². The van der Waals surface area contributed by atoms with Gasteiger partial charge in [-0.2, -0.15) is 0 Å². The van der Waals surface area contributed by atoms with Crippen molar-refractivity contribution in [1.29, 1.82) is 0 Å². The van der Waals surface area contributed by atoms with Gasteiger partial charge in [-0.05, 0) is 63.1 Å². The third-order valence-corrected chi connectivity index (χ3v) is 4.80. The fourth-order valence-electron chi connectivity index (χ4n) is 3.53. The third-order valence-electron chi connectivity index (χ3n) is 4.80. The first-order valence-corrected chi connectivity index (χ1v) is 8.50. The molecule has 2 rings (SSSR count). The number of rotatable bonds is 5. The molecule has 1 heteroatoms. The summed E-state index contributed by atoms with van der Waals surface area (Å²) < 4.78 is 0. The Bertz CT molecular complexity index is 410. The van der Waals surface area contributed by atoms with Gasteiger partial charge in [0.15, 0.2) is 0 Å². The summed E-state index contributed by atoms with van der Waals surface area (Å²) in [6, 6.07) is 7.66. The monoisotopic (exact) mass is 273 g/mol. The zero-order valence-electron chi connectivity index (χ0n) is 13.5. The lowest BCUT2D eigenvalue weighted by Crippen LogP contribution is -2.37. The molecular weight excluding hydrogens is 242 g/mol. The number of aryl methyl sites for hydroxylation is 2. The average molecular weight is 273 g/mol. The second-order valence-electron chi connectivity index (χ2n) is 6.59. The molecule has 0 aromatic heterocycles. The second-order valence-corrected chi connectivity index (χ2v) is 6.59. The Balaban J connectivity index is 2.08. The molecule has 1 aliphatic carbocycles. The molecule has 1 aromatic rings. The molecule has 0 spiro atoms.